The number of imidazole rings is 1. The number of thiophene rings is 1. The van der Waals surface area contributed by atoms with Crippen molar-refractivity contribution in [1.82, 2.24) is 30.2 Å². The highest BCUT2D eigenvalue weighted by molar-refractivity contribution is 7.08. The molecule has 6 heterocycles. The molecule has 0 amide bonds. The Morgan fingerprint density at radius 1 is 1.07 bits per heavy atom. The summed E-state index contributed by atoms with van der Waals surface area (Å²) in [6.45, 7) is 10.8. The molecule has 6 rings (SSSR count). The van der Waals surface area contributed by atoms with Crippen molar-refractivity contribution in [2.45, 2.75) is 19.3 Å². The van der Waals surface area contributed by atoms with E-state index in [0.29, 0.717) is 17.3 Å². The zero-order chi connectivity index (χ0) is 27.5. The van der Waals surface area contributed by atoms with Gasteiger partial charge in [-0.1, -0.05) is 13.2 Å². The SMILES string of the molecule is C=C(CC1CCNCC1)Nc1cncc(-c2ccc(NC)c(C(=C)c3nc4c(-c5ccsc5)nccc4[nH]3)n2)c1. The van der Waals surface area contributed by atoms with Crippen LogP contribution >= 0.6 is 11.3 Å². The third-order valence-electron chi connectivity index (χ3n) is 7.28. The van der Waals surface area contributed by atoms with Crippen LogP contribution in [-0.4, -0.2) is 45.1 Å². The van der Waals surface area contributed by atoms with Gasteiger partial charge in [0, 0.05) is 47.2 Å². The van der Waals surface area contributed by atoms with Crippen molar-refractivity contribution in [1.29, 1.82) is 0 Å². The second-order valence-corrected chi connectivity index (χ2v) is 10.8. The zero-order valence-electron chi connectivity index (χ0n) is 22.5. The molecule has 0 spiro atoms. The first kappa shape index (κ1) is 25.9. The fourth-order valence-electron chi connectivity index (χ4n) is 5.19. The fraction of sp³-hybridized carbons (Fsp3) is 0.226. The highest BCUT2D eigenvalue weighted by Gasteiger charge is 2.18. The van der Waals surface area contributed by atoms with Crippen LogP contribution in [0.2, 0.25) is 0 Å². The molecule has 1 aliphatic rings. The number of H-pyrrole nitrogens is 1. The number of nitrogens with zero attached hydrogens (tertiary/aromatic N) is 4. The highest BCUT2D eigenvalue weighted by atomic mass is 32.1. The van der Waals surface area contributed by atoms with Gasteiger partial charge < -0.3 is 20.9 Å². The molecular weight excluding hydrogens is 516 g/mol. The van der Waals surface area contributed by atoms with Gasteiger partial charge in [0.25, 0.3) is 0 Å². The molecule has 8 nitrogen and oxygen atoms in total. The van der Waals surface area contributed by atoms with Gasteiger partial charge in [-0.15, -0.1) is 0 Å². The lowest BCUT2D eigenvalue weighted by atomic mass is 9.93. The maximum Gasteiger partial charge on any atom is 0.140 e. The molecule has 4 N–H and O–H groups in total. The van der Waals surface area contributed by atoms with E-state index in [-0.39, 0.29) is 0 Å². The molecule has 9 heteroatoms. The van der Waals surface area contributed by atoms with Crippen LogP contribution in [0.3, 0.4) is 0 Å². The van der Waals surface area contributed by atoms with Crippen molar-refractivity contribution in [3.05, 3.63) is 90.1 Å². The molecule has 1 aliphatic heterocycles. The predicted molar refractivity (Wildman–Crippen MR) is 165 cm³/mol. The maximum atomic E-state index is 5.01. The van der Waals surface area contributed by atoms with Crippen LogP contribution in [0.4, 0.5) is 11.4 Å². The van der Waals surface area contributed by atoms with Crippen molar-refractivity contribution in [2.24, 2.45) is 5.92 Å². The Hall–Kier alpha value is -4.34. The topological polar surface area (TPSA) is 103 Å². The van der Waals surface area contributed by atoms with Crippen molar-refractivity contribution in [3.63, 3.8) is 0 Å². The molecule has 0 saturated carbocycles. The van der Waals surface area contributed by atoms with E-state index in [9.17, 15) is 0 Å². The summed E-state index contributed by atoms with van der Waals surface area (Å²) in [4.78, 5) is 22.4. The summed E-state index contributed by atoms with van der Waals surface area (Å²) in [6, 6.07) is 10.1. The third-order valence-corrected chi connectivity index (χ3v) is 7.96. The average Bonchev–Trinajstić information content (AvgIpc) is 3.68. The summed E-state index contributed by atoms with van der Waals surface area (Å²) in [5, 5.41) is 14.3. The van der Waals surface area contributed by atoms with Crippen molar-refractivity contribution in [3.8, 4) is 22.5 Å². The number of pyridine rings is 3. The summed E-state index contributed by atoms with van der Waals surface area (Å²) >= 11 is 1.64. The average molecular weight is 549 g/mol. The van der Waals surface area contributed by atoms with Gasteiger partial charge in [0.05, 0.1) is 40.2 Å². The Morgan fingerprint density at radius 2 is 1.95 bits per heavy atom. The lowest BCUT2D eigenvalue weighted by Gasteiger charge is -2.23. The van der Waals surface area contributed by atoms with E-state index in [2.05, 4.69) is 61.6 Å². The Balaban J connectivity index is 1.27. The third kappa shape index (κ3) is 5.38. The second-order valence-electron chi connectivity index (χ2n) is 10.1. The molecule has 40 heavy (non-hydrogen) atoms. The molecule has 0 bridgehead atoms. The van der Waals surface area contributed by atoms with Gasteiger partial charge in [-0.25, -0.2) is 9.97 Å². The Kier molecular flexibility index (Phi) is 7.39. The molecule has 5 aromatic rings. The van der Waals surface area contributed by atoms with Gasteiger partial charge in [0.2, 0.25) is 0 Å². The van der Waals surface area contributed by atoms with E-state index in [1.807, 2.05) is 43.0 Å². The number of hydrogen-bond acceptors (Lipinski definition) is 8. The summed E-state index contributed by atoms with van der Waals surface area (Å²) < 4.78 is 0. The van der Waals surface area contributed by atoms with Crippen LogP contribution in [-0.2, 0) is 0 Å². The second kappa shape index (κ2) is 11.4. The molecule has 1 saturated heterocycles. The normalized spacial score (nSPS) is 13.8. The Morgan fingerprint density at radius 3 is 2.75 bits per heavy atom. The molecule has 0 aliphatic carbocycles. The quantitative estimate of drug-likeness (QED) is 0.165. The lowest BCUT2D eigenvalue weighted by Crippen LogP contribution is -2.28. The lowest BCUT2D eigenvalue weighted by molar-refractivity contribution is 0.373. The van der Waals surface area contributed by atoms with Crippen LogP contribution in [0.5, 0.6) is 0 Å². The summed E-state index contributed by atoms with van der Waals surface area (Å²) in [7, 11) is 1.88. The first-order valence-electron chi connectivity index (χ1n) is 13.5. The van der Waals surface area contributed by atoms with Crippen LogP contribution in [0, 0.1) is 5.92 Å². The van der Waals surface area contributed by atoms with Crippen molar-refractivity contribution in [2.75, 3.05) is 30.8 Å². The number of nitrogens with one attached hydrogen (secondary N) is 4. The zero-order valence-corrected chi connectivity index (χ0v) is 23.3. The molecule has 0 unspecified atom stereocenters. The highest BCUT2D eigenvalue weighted by Crippen LogP contribution is 2.32. The molecule has 0 radical (unpaired) electrons. The van der Waals surface area contributed by atoms with Crippen LogP contribution in [0.25, 0.3) is 39.1 Å². The number of aromatic nitrogens is 5. The monoisotopic (exact) mass is 548 g/mol. The molecule has 202 valence electrons. The van der Waals surface area contributed by atoms with Gasteiger partial charge in [0.1, 0.15) is 11.3 Å². The first-order valence-corrected chi connectivity index (χ1v) is 14.4. The minimum absolute atomic E-state index is 0.656. The van der Waals surface area contributed by atoms with Gasteiger partial charge in [-0.05, 0) is 74.0 Å². The van der Waals surface area contributed by atoms with E-state index in [1.54, 1.807) is 17.5 Å². The molecule has 0 aromatic carbocycles. The van der Waals surface area contributed by atoms with Gasteiger partial charge in [-0.3, -0.25) is 9.97 Å². The number of anilines is 2. The Labute approximate surface area is 237 Å². The van der Waals surface area contributed by atoms with Crippen molar-refractivity contribution >= 4 is 39.3 Å². The standard InChI is InChI=1S/C31H32N8S/c1-19(14-21-6-10-33-11-7-21)36-24-15-23(16-34-17-24)25-4-5-26(32-3)28(37-25)20(2)31-38-27-8-12-35-29(30(27)39-31)22-9-13-40-18-22/h4-5,8-9,12-13,15-18,21,32-33,36H,1-2,6-7,10-11,14H2,3H3,(H,38,39). The number of allylic oxidation sites excluding steroid dienone is 1. The van der Waals surface area contributed by atoms with E-state index in [0.717, 1.165) is 75.8 Å². The van der Waals surface area contributed by atoms with Gasteiger partial charge in [-0.2, -0.15) is 11.3 Å². The maximum absolute atomic E-state index is 5.01. The van der Waals surface area contributed by atoms with Gasteiger partial charge >= 0.3 is 0 Å². The van der Waals surface area contributed by atoms with Crippen LogP contribution in [0.1, 0.15) is 30.8 Å². The van der Waals surface area contributed by atoms with E-state index in [1.165, 1.54) is 12.8 Å². The molecule has 5 aromatic heterocycles. The largest absolute Gasteiger partial charge is 0.386 e. The summed E-state index contributed by atoms with van der Waals surface area (Å²) in [6.07, 6.45) is 8.79. The Bertz CT molecular complexity index is 1660. The number of piperidine rings is 1. The minimum Gasteiger partial charge on any atom is -0.386 e. The van der Waals surface area contributed by atoms with Crippen LogP contribution in [0.15, 0.2) is 78.5 Å². The van der Waals surface area contributed by atoms with E-state index < -0.39 is 0 Å². The number of aromatic amines is 1. The number of hydrogen-bond donors (Lipinski definition) is 4. The van der Waals surface area contributed by atoms with E-state index in [4.69, 9.17) is 9.97 Å². The predicted octanol–water partition coefficient (Wildman–Crippen LogP) is 6.56. The van der Waals surface area contributed by atoms with Crippen LogP contribution < -0.4 is 16.0 Å². The van der Waals surface area contributed by atoms with Crippen molar-refractivity contribution < 1.29 is 0 Å². The first-order chi connectivity index (χ1) is 19.6. The fourth-order valence-corrected chi connectivity index (χ4v) is 5.83. The minimum atomic E-state index is 0.656. The smallest absolute Gasteiger partial charge is 0.140 e. The van der Waals surface area contributed by atoms with E-state index >= 15 is 0 Å². The molecule has 1 fully saturated rings. The molecular formula is C31H32N8S. The summed E-state index contributed by atoms with van der Waals surface area (Å²) in [5.74, 6) is 1.32. The number of rotatable bonds is 9. The summed E-state index contributed by atoms with van der Waals surface area (Å²) in [5.41, 5.74) is 9.51. The number of fused-ring (bicyclic) bond motifs is 1. The van der Waals surface area contributed by atoms with Gasteiger partial charge in [0.15, 0.2) is 0 Å². The molecule has 0 atom stereocenters.